The van der Waals surface area contributed by atoms with Crippen molar-refractivity contribution in [3.05, 3.63) is 106 Å². The first kappa shape index (κ1) is 18.1. The van der Waals surface area contributed by atoms with Crippen LogP contribution in [0.3, 0.4) is 0 Å². The van der Waals surface area contributed by atoms with E-state index < -0.39 is 0 Å². The molecule has 0 saturated carbocycles. The lowest BCUT2D eigenvalue weighted by Gasteiger charge is -2.22. The van der Waals surface area contributed by atoms with E-state index in [0.29, 0.717) is 0 Å². The fourth-order valence-electron chi connectivity index (χ4n) is 5.32. The van der Waals surface area contributed by atoms with Gasteiger partial charge >= 0.3 is 0 Å². The molecule has 0 heterocycles. The van der Waals surface area contributed by atoms with Crippen molar-refractivity contribution in [1.82, 2.24) is 0 Å². The minimum Gasteiger partial charge on any atom is -0.0619 e. The molecule has 1 heteroatoms. The third kappa shape index (κ3) is 2.33. The zero-order valence-electron chi connectivity index (χ0n) is 17.0. The van der Waals surface area contributed by atoms with Crippen LogP contribution in [0.25, 0.3) is 43.8 Å². The van der Waals surface area contributed by atoms with Crippen molar-refractivity contribution < 1.29 is 0 Å². The van der Waals surface area contributed by atoms with E-state index in [0.717, 1.165) is 0 Å². The molecule has 5 aromatic rings. The Morgan fingerprint density at radius 2 is 1.03 bits per heavy atom. The van der Waals surface area contributed by atoms with Crippen molar-refractivity contribution in [3.63, 3.8) is 0 Å². The second kappa shape index (κ2) is 6.42. The van der Waals surface area contributed by atoms with E-state index in [2.05, 4.69) is 127 Å². The highest BCUT2D eigenvalue weighted by Crippen LogP contribution is 2.53. The summed E-state index contributed by atoms with van der Waals surface area (Å²) in [5.74, 6) is 0. The first-order valence-electron chi connectivity index (χ1n) is 10.4. The Morgan fingerprint density at radius 3 is 1.80 bits per heavy atom. The zero-order chi connectivity index (χ0) is 20.5. The van der Waals surface area contributed by atoms with Crippen LogP contribution < -0.4 is 0 Å². The summed E-state index contributed by atoms with van der Waals surface area (Å²) in [6.07, 6.45) is 0. The van der Waals surface area contributed by atoms with Crippen LogP contribution in [0.5, 0.6) is 0 Å². The third-order valence-corrected chi connectivity index (χ3v) is 7.87. The standard InChI is InChI=1S/C29H21I/c1-29(2)24-16-8-7-14-22(24)26-23(15-9-17-25(26)29)27-20-12-5-3-10-18(20)19-11-4-6-13-21(19)28(27)30/h3-17H,1-2H3. The molecule has 0 unspecified atom stereocenters. The van der Waals surface area contributed by atoms with Gasteiger partial charge in [0.1, 0.15) is 0 Å². The van der Waals surface area contributed by atoms with Gasteiger partial charge in [-0.1, -0.05) is 105 Å². The van der Waals surface area contributed by atoms with Gasteiger partial charge in [0, 0.05) is 14.5 Å². The molecule has 0 radical (unpaired) electrons. The Labute approximate surface area is 190 Å². The van der Waals surface area contributed by atoms with Crippen LogP contribution in [0.2, 0.25) is 0 Å². The number of halogens is 1. The molecule has 30 heavy (non-hydrogen) atoms. The summed E-state index contributed by atoms with van der Waals surface area (Å²) in [5, 5.41) is 5.31. The van der Waals surface area contributed by atoms with Crippen molar-refractivity contribution in [1.29, 1.82) is 0 Å². The van der Waals surface area contributed by atoms with Crippen LogP contribution in [0.4, 0.5) is 0 Å². The van der Waals surface area contributed by atoms with Crippen molar-refractivity contribution in [2.24, 2.45) is 0 Å². The van der Waals surface area contributed by atoms with Crippen LogP contribution in [-0.4, -0.2) is 0 Å². The molecule has 0 amide bonds. The Bertz CT molecular complexity index is 1470. The summed E-state index contributed by atoms with van der Waals surface area (Å²) in [7, 11) is 0. The highest BCUT2D eigenvalue weighted by Gasteiger charge is 2.37. The maximum absolute atomic E-state index is 2.56. The van der Waals surface area contributed by atoms with Crippen molar-refractivity contribution in [3.8, 4) is 22.3 Å². The average Bonchev–Trinajstić information content (AvgIpc) is 3.02. The molecule has 0 atom stereocenters. The van der Waals surface area contributed by atoms with Gasteiger partial charge in [0.05, 0.1) is 0 Å². The number of hydrogen-bond acceptors (Lipinski definition) is 0. The second-order valence-electron chi connectivity index (χ2n) is 8.68. The van der Waals surface area contributed by atoms with E-state index in [1.807, 2.05) is 0 Å². The van der Waals surface area contributed by atoms with E-state index in [4.69, 9.17) is 0 Å². The number of benzene rings is 5. The van der Waals surface area contributed by atoms with Gasteiger partial charge in [-0.15, -0.1) is 0 Å². The smallest absolute Gasteiger partial charge is 0.0293 e. The molecule has 144 valence electrons. The van der Waals surface area contributed by atoms with Gasteiger partial charge in [0.15, 0.2) is 0 Å². The molecule has 1 aliphatic carbocycles. The van der Waals surface area contributed by atoms with E-state index in [-0.39, 0.29) is 5.41 Å². The first-order valence-corrected chi connectivity index (χ1v) is 11.5. The van der Waals surface area contributed by atoms with Gasteiger partial charge in [-0.25, -0.2) is 0 Å². The van der Waals surface area contributed by atoms with E-state index in [1.54, 1.807) is 0 Å². The molecular formula is C29H21I. The topological polar surface area (TPSA) is 0 Å². The average molecular weight is 496 g/mol. The molecule has 6 rings (SSSR count). The highest BCUT2D eigenvalue weighted by molar-refractivity contribution is 14.1. The summed E-state index contributed by atoms with van der Waals surface area (Å²) >= 11 is 2.56. The monoisotopic (exact) mass is 496 g/mol. The molecule has 0 N–H and O–H groups in total. The molecule has 5 aromatic carbocycles. The van der Waals surface area contributed by atoms with E-state index in [1.165, 1.54) is 58.5 Å². The summed E-state index contributed by atoms with van der Waals surface area (Å²) < 4.78 is 1.33. The van der Waals surface area contributed by atoms with Crippen molar-refractivity contribution in [2.75, 3.05) is 0 Å². The zero-order valence-corrected chi connectivity index (χ0v) is 19.2. The lowest BCUT2D eigenvalue weighted by molar-refractivity contribution is 0.660. The second-order valence-corrected chi connectivity index (χ2v) is 9.76. The fraction of sp³-hybridized carbons (Fsp3) is 0.103. The van der Waals surface area contributed by atoms with Gasteiger partial charge in [-0.3, -0.25) is 0 Å². The Morgan fingerprint density at radius 1 is 0.500 bits per heavy atom. The lowest BCUT2D eigenvalue weighted by Crippen LogP contribution is -2.14. The molecule has 0 bridgehead atoms. The van der Waals surface area contributed by atoms with Crippen LogP contribution in [-0.2, 0) is 5.41 Å². The van der Waals surface area contributed by atoms with Crippen LogP contribution in [0.15, 0.2) is 91.0 Å². The van der Waals surface area contributed by atoms with Crippen molar-refractivity contribution in [2.45, 2.75) is 19.3 Å². The molecule has 0 aromatic heterocycles. The van der Waals surface area contributed by atoms with E-state index >= 15 is 0 Å². The van der Waals surface area contributed by atoms with Crippen LogP contribution >= 0.6 is 22.6 Å². The van der Waals surface area contributed by atoms with Crippen LogP contribution in [0, 0.1) is 3.57 Å². The lowest BCUT2D eigenvalue weighted by atomic mass is 9.81. The van der Waals surface area contributed by atoms with Gasteiger partial charge in [-0.2, -0.15) is 0 Å². The molecule has 0 nitrogen and oxygen atoms in total. The number of fused-ring (bicyclic) bond motifs is 6. The predicted octanol–water partition coefficient (Wildman–Crippen LogP) is 8.57. The molecule has 1 aliphatic rings. The molecular weight excluding hydrogens is 475 g/mol. The van der Waals surface area contributed by atoms with Crippen LogP contribution in [0.1, 0.15) is 25.0 Å². The minimum absolute atomic E-state index is 0.0139. The minimum atomic E-state index is 0.0139. The van der Waals surface area contributed by atoms with Gasteiger partial charge in [-0.05, 0) is 72.0 Å². The Kier molecular flexibility index (Phi) is 3.88. The SMILES string of the molecule is CC1(C)c2ccccc2-c2c(-c3c(I)c4ccccc4c4ccccc34)cccc21. The van der Waals surface area contributed by atoms with Gasteiger partial charge in [0.25, 0.3) is 0 Å². The normalized spacial score (nSPS) is 14.1. The highest BCUT2D eigenvalue weighted by atomic mass is 127. The van der Waals surface area contributed by atoms with Crippen molar-refractivity contribution >= 4 is 44.1 Å². The summed E-state index contributed by atoms with van der Waals surface area (Å²) in [4.78, 5) is 0. The summed E-state index contributed by atoms with van der Waals surface area (Å²) in [6.45, 7) is 4.70. The quantitative estimate of drug-likeness (QED) is 0.161. The molecule has 0 aliphatic heterocycles. The molecule has 0 spiro atoms. The summed E-state index contributed by atoms with van der Waals surface area (Å²) in [6, 6.07) is 33.5. The number of hydrogen-bond donors (Lipinski definition) is 0. The Balaban J connectivity index is 1.81. The van der Waals surface area contributed by atoms with Gasteiger partial charge in [0.2, 0.25) is 0 Å². The predicted molar refractivity (Wildman–Crippen MR) is 137 cm³/mol. The Hall–Kier alpha value is -2.65. The van der Waals surface area contributed by atoms with E-state index in [9.17, 15) is 0 Å². The fourth-order valence-corrected chi connectivity index (χ4v) is 6.38. The molecule has 0 fully saturated rings. The summed E-state index contributed by atoms with van der Waals surface area (Å²) in [5.41, 5.74) is 8.34. The third-order valence-electron chi connectivity index (χ3n) is 6.75. The maximum atomic E-state index is 2.56. The molecule has 0 saturated heterocycles. The largest absolute Gasteiger partial charge is 0.0619 e. The van der Waals surface area contributed by atoms with Gasteiger partial charge < -0.3 is 0 Å². The number of rotatable bonds is 1. The first-order chi connectivity index (χ1) is 14.6. The maximum Gasteiger partial charge on any atom is 0.0293 e.